The van der Waals surface area contributed by atoms with Crippen molar-refractivity contribution in [2.24, 2.45) is 0 Å². The van der Waals surface area contributed by atoms with E-state index in [1.54, 1.807) is 25.1 Å². The maximum absolute atomic E-state index is 13.0. The number of benzene rings is 1. The van der Waals surface area contributed by atoms with Crippen molar-refractivity contribution >= 4 is 17.7 Å². The van der Waals surface area contributed by atoms with Crippen LogP contribution in [0.1, 0.15) is 17.8 Å². The summed E-state index contributed by atoms with van der Waals surface area (Å²) < 4.78 is 14.3. The number of aliphatic hydroxyl groups excluding tert-OH is 1. The topological polar surface area (TPSA) is 92.9 Å². The number of nitrogens with zero attached hydrogens (tertiary/aromatic N) is 4. The maximum Gasteiger partial charge on any atom is 0.270 e. The summed E-state index contributed by atoms with van der Waals surface area (Å²) in [6.07, 6.45) is 2.02. The van der Waals surface area contributed by atoms with Crippen molar-refractivity contribution < 1.29 is 14.3 Å². The third kappa shape index (κ3) is 3.95. The Hall–Kier alpha value is -2.61. The highest BCUT2D eigenvalue weighted by molar-refractivity contribution is 6.18. The normalized spacial score (nSPS) is 11.5. The fourth-order valence-electron chi connectivity index (χ4n) is 1.77. The molecule has 0 atom stereocenters. The molecule has 1 aromatic carbocycles. The van der Waals surface area contributed by atoms with Gasteiger partial charge in [0.25, 0.3) is 5.91 Å². The van der Waals surface area contributed by atoms with Gasteiger partial charge in [-0.05, 0) is 47.5 Å². The fraction of sp³-hybridized carbons (Fsp3) is 0.286. The summed E-state index contributed by atoms with van der Waals surface area (Å²) in [5.74, 6) is -0.288. The molecule has 0 saturated heterocycles. The number of carbonyl (C=O) groups is 1. The molecular weight excluding hydrogens is 289 g/mol. The Morgan fingerprint density at radius 3 is 2.73 bits per heavy atom. The number of hydrogen-bond acceptors (Lipinski definition) is 5. The molecule has 0 bridgehead atoms. The minimum absolute atomic E-state index is 0.0127. The lowest BCUT2D eigenvalue weighted by Crippen LogP contribution is -2.28. The van der Waals surface area contributed by atoms with Gasteiger partial charge in [-0.1, -0.05) is 12.1 Å². The molecule has 1 aromatic heterocycles. The standard InChI is InChI=1S/C14H16FN5O2/c1-10-17-18-19-20(10)13(14(22)16-7-2-8-21)9-11-3-5-12(15)6-4-11/h3-6,9,21H,2,7-8H2,1H3,(H,16,22)/b13-9+. The van der Waals surface area contributed by atoms with Crippen LogP contribution in [0.3, 0.4) is 0 Å². The van der Waals surface area contributed by atoms with E-state index < -0.39 is 0 Å². The lowest BCUT2D eigenvalue weighted by Gasteiger charge is -2.09. The fourth-order valence-corrected chi connectivity index (χ4v) is 1.77. The van der Waals surface area contributed by atoms with E-state index in [9.17, 15) is 9.18 Å². The van der Waals surface area contributed by atoms with Crippen LogP contribution in [-0.4, -0.2) is 44.4 Å². The number of tetrazole rings is 1. The first-order valence-corrected chi connectivity index (χ1v) is 6.73. The average Bonchev–Trinajstić information content (AvgIpc) is 2.93. The number of rotatable bonds is 6. The van der Waals surface area contributed by atoms with Crippen LogP contribution in [0.4, 0.5) is 4.39 Å². The van der Waals surface area contributed by atoms with Crippen LogP contribution < -0.4 is 5.32 Å². The molecule has 0 aliphatic rings. The van der Waals surface area contributed by atoms with Gasteiger partial charge in [-0.2, -0.15) is 4.68 Å². The van der Waals surface area contributed by atoms with E-state index in [-0.39, 0.29) is 24.0 Å². The predicted molar refractivity (Wildman–Crippen MR) is 77.8 cm³/mol. The summed E-state index contributed by atoms with van der Waals surface area (Å²) in [4.78, 5) is 12.3. The molecular formula is C14H16FN5O2. The molecule has 2 N–H and O–H groups in total. The molecule has 0 spiro atoms. The van der Waals surface area contributed by atoms with Crippen LogP contribution in [-0.2, 0) is 4.79 Å². The van der Waals surface area contributed by atoms with Crippen LogP contribution in [0.2, 0.25) is 0 Å². The zero-order valence-corrected chi connectivity index (χ0v) is 12.0. The number of aromatic nitrogens is 4. The van der Waals surface area contributed by atoms with Crippen molar-refractivity contribution in [2.45, 2.75) is 13.3 Å². The third-order valence-corrected chi connectivity index (χ3v) is 2.88. The summed E-state index contributed by atoms with van der Waals surface area (Å²) >= 11 is 0. The van der Waals surface area contributed by atoms with Gasteiger partial charge in [-0.15, -0.1) is 5.10 Å². The van der Waals surface area contributed by atoms with Crippen LogP contribution in [0.25, 0.3) is 11.8 Å². The van der Waals surface area contributed by atoms with Crippen LogP contribution in [0.5, 0.6) is 0 Å². The van der Waals surface area contributed by atoms with Gasteiger partial charge in [0.1, 0.15) is 11.5 Å². The molecule has 0 aliphatic carbocycles. The number of aliphatic hydroxyl groups is 1. The molecule has 8 heteroatoms. The monoisotopic (exact) mass is 305 g/mol. The highest BCUT2D eigenvalue weighted by Gasteiger charge is 2.15. The van der Waals surface area contributed by atoms with E-state index in [1.807, 2.05) is 0 Å². The highest BCUT2D eigenvalue weighted by atomic mass is 19.1. The lowest BCUT2D eigenvalue weighted by atomic mass is 10.2. The third-order valence-electron chi connectivity index (χ3n) is 2.88. The van der Waals surface area contributed by atoms with Gasteiger partial charge in [0, 0.05) is 13.2 Å². The summed E-state index contributed by atoms with van der Waals surface area (Å²) in [6, 6.07) is 5.71. The predicted octanol–water partition coefficient (Wildman–Crippen LogP) is 0.617. The Kier molecular flexibility index (Phi) is 5.31. The molecule has 0 aliphatic heterocycles. The van der Waals surface area contributed by atoms with Gasteiger partial charge in [0.2, 0.25) is 0 Å². The minimum atomic E-state index is -0.381. The molecule has 1 heterocycles. The number of amides is 1. The zero-order valence-electron chi connectivity index (χ0n) is 12.0. The largest absolute Gasteiger partial charge is 0.396 e. The Labute approximate surface area is 126 Å². The second-order valence-corrected chi connectivity index (χ2v) is 4.55. The summed E-state index contributed by atoms with van der Waals surface area (Å²) in [6.45, 7) is 1.98. The smallest absolute Gasteiger partial charge is 0.270 e. The Morgan fingerprint density at radius 2 is 2.14 bits per heavy atom. The first kappa shape index (κ1) is 15.8. The highest BCUT2D eigenvalue weighted by Crippen LogP contribution is 2.13. The van der Waals surface area contributed by atoms with Gasteiger partial charge < -0.3 is 10.4 Å². The van der Waals surface area contributed by atoms with Gasteiger partial charge in [0.15, 0.2) is 5.82 Å². The number of hydrogen-bond donors (Lipinski definition) is 2. The van der Waals surface area contributed by atoms with Crippen molar-refractivity contribution in [1.82, 2.24) is 25.5 Å². The SMILES string of the molecule is Cc1nnnn1/C(=C/c1ccc(F)cc1)C(=O)NCCCO. The second kappa shape index (κ2) is 7.41. The van der Waals surface area contributed by atoms with E-state index in [0.29, 0.717) is 24.4 Å². The molecule has 0 radical (unpaired) electrons. The molecule has 1 amide bonds. The first-order valence-electron chi connectivity index (χ1n) is 6.73. The van der Waals surface area contributed by atoms with Crippen molar-refractivity contribution in [3.63, 3.8) is 0 Å². The molecule has 0 fully saturated rings. The van der Waals surface area contributed by atoms with E-state index in [4.69, 9.17) is 5.11 Å². The molecule has 2 aromatic rings. The Bertz CT molecular complexity index is 666. The maximum atomic E-state index is 13.0. The van der Waals surface area contributed by atoms with Crippen LogP contribution >= 0.6 is 0 Å². The number of nitrogens with one attached hydrogen (secondary N) is 1. The number of aryl methyl sites for hydroxylation is 1. The van der Waals surface area contributed by atoms with Crippen LogP contribution in [0.15, 0.2) is 24.3 Å². The Balaban J connectivity index is 2.31. The summed E-state index contributed by atoms with van der Waals surface area (Å²) in [5.41, 5.74) is 0.857. The van der Waals surface area contributed by atoms with Crippen LogP contribution in [0, 0.1) is 12.7 Å². The van der Waals surface area contributed by atoms with E-state index in [1.165, 1.54) is 16.8 Å². The lowest BCUT2D eigenvalue weighted by molar-refractivity contribution is -0.116. The van der Waals surface area contributed by atoms with E-state index >= 15 is 0 Å². The Morgan fingerprint density at radius 1 is 1.41 bits per heavy atom. The van der Waals surface area contributed by atoms with Gasteiger partial charge >= 0.3 is 0 Å². The molecule has 7 nitrogen and oxygen atoms in total. The van der Waals surface area contributed by atoms with Crippen molar-refractivity contribution in [2.75, 3.05) is 13.2 Å². The first-order chi connectivity index (χ1) is 10.6. The zero-order chi connectivity index (χ0) is 15.9. The number of carbonyl (C=O) groups excluding carboxylic acids is 1. The van der Waals surface area contributed by atoms with Gasteiger partial charge in [-0.3, -0.25) is 4.79 Å². The summed E-state index contributed by atoms with van der Waals surface area (Å²) in [7, 11) is 0. The van der Waals surface area contributed by atoms with E-state index in [0.717, 1.165) is 0 Å². The summed E-state index contributed by atoms with van der Waals surface area (Å²) in [5, 5.41) is 22.5. The van der Waals surface area contributed by atoms with Gasteiger partial charge in [0.05, 0.1) is 0 Å². The van der Waals surface area contributed by atoms with E-state index in [2.05, 4.69) is 20.8 Å². The molecule has 0 unspecified atom stereocenters. The average molecular weight is 305 g/mol. The molecule has 116 valence electrons. The number of halogens is 1. The van der Waals surface area contributed by atoms with Crippen molar-refractivity contribution in [3.8, 4) is 0 Å². The van der Waals surface area contributed by atoms with Crippen molar-refractivity contribution in [1.29, 1.82) is 0 Å². The van der Waals surface area contributed by atoms with Gasteiger partial charge in [-0.25, -0.2) is 4.39 Å². The molecule has 0 saturated carbocycles. The molecule has 22 heavy (non-hydrogen) atoms. The second-order valence-electron chi connectivity index (χ2n) is 4.55. The minimum Gasteiger partial charge on any atom is -0.396 e. The quantitative estimate of drug-likeness (QED) is 0.603. The molecule has 2 rings (SSSR count). The van der Waals surface area contributed by atoms with Crippen molar-refractivity contribution in [3.05, 3.63) is 41.5 Å².